The van der Waals surface area contributed by atoms with Gasteiger partial charge in [-0.2, -0.15) is 0 Å². The van der Waals surface area contributed by atoms with Crippen LogP contribution in [0, 0.1) is 6.92 Å². The summed E-state index contributed by atoms with van der Waals surface area (Å²) < 4.78 is 6.10. The second-order valence-corrected chi connectivity index (χ2v) is 5.19. The number of aryl methyl sites for hydroxylation is 1. The van der Waals surface area contributed by atoms with Crippen molar-refractivity contribution in [2.45, 2.75) is 13.8 Å². The van der Waals surface area contributed by atoms with Crippen molar-refractivity contribution in [3.8, 4) is 5.69 Å². The normalized spacial score (nSPS) is 11.5. The van der Waals surface area contributed by atoms with Crippen LogP contribution in [0.4, 0.5) is 4.79 Å². The van der Waals surface area contributed by atoms with E-state index in [4.69, 9.17) is 10.5 Å². The van der Waals surface area contributed by atoms with Gasteiger partial charge in [0.2, 0.25) is 0 Å². The first kappa shape index (κ1) is 17.9. The fraction of sp³-hybridized carbons (Fsp3) is 0.188. The summed E-state index contributed by atoms with van der Waals surface area (Å²) in [5, 5.41) is 2.93. The molecule has 2 amide bonds. The third kappa shape index (κ3) is 3.71. The lowest BCUT2D eigenvalue weighted by Crippen LogP contribution is -2.40. The maximum atomic E-state index is 12.8. The Morgan fingerprint density at radius 1 is 1.20 bits per heavy atom. The van der Waals surface area contributed by atoms with E-state index in [0.29, 0.717) is 11.4 Å². The number of hydrogen-bond acceptors (Lipinski definition) is 5. The van der Waals surface area contributed by atoms with Crippen LogP contribution in [0.15, 0.2) is 40.8 Å². The van der Waals surface area contributed by atoms with Gasteiger partial charge >= 0.3 is 12.0 Å². The molecule has 0 fully saturated rings. The van der Waals surface area contributed by atoms with E-state index >= 15 is 0 Å². The lowest BCUT2D eigenvalue weighted by atomic mass is 10.1. The van der Waals surface area contributed by atoms with Gasteiger partial charge in [-0.05, 0) is 26.0 Å². The van der Waals surface area contributed by atoms with Crippen LogP contribution in [0.3, 0.4) is 0 Å². The Morgan fingerprint density at radius 3 is 2.40 bits per heavy atom. The number of nitrogens with one attached hydrogen (secondary N) is 3. The zero-order valence-electron chi connectivity index (χ0n) is 14.0. The number of amides is 2. The summed E-state index contributed by atoms with van der Waals surface area (Å²) in [7, 11) is 1.20. The monoisotopic (exact) mass is 345 g/mol. The summed E-state index contributed by atoms with van der Waals surface area (Å²) in [6.07, 6.45) is 0. The van der Waals surface area contributed by atoms with Crippen molar-refractivity contribution in [1.82, 2.24) is 20.6 Å². The molecule has 2 aromatic rings. The highest BCUT2D eigenvalue weighted by Gasteiger charge is 2.25. The molecular formula is C16H19N5O4. The Morgan fingerprint density at radius 2 is 1.84 bits per heavy atom. The predicted octanol–water partition coefficient (Wildman–Crippen LogP) is 0.551. The van der Waals surface area contributed by atoms with Gasteiger partial charge < -0.3 is 15.9 Å². The summed E-state index contributed by atoms with van der Waals surface area (Å²) in [5.41, 5.74) is 10.6. The number of nitrogens with two attached hydrogens (primary N) is 1. The van der Waals surface area contributed by atoms with Gasteiger partial charge in [0.05, 0.1) is 23.9 Å². The molecule has 5 N–H and O–H groups in total. The van der Waals surface area contributed by atoms with Gasteiger partial charge in [0.25, 0.3) is 5.56 Å². The number of hydrogen-bond donors (Lipinski definition) is 4. The quantitative estimate of drug-likeness (QED) is 0.357. The van der Waals surface area contributed by atoms with Gasteiger partial charge in [0.15, 0.2) is 0 Å². The first-order valence-corrected chi connectivity index (χ1v) is 7.34. The van der Waals surface area contributed by atoms with Crippen LogP contribution < -0.4 is 22.1 Å². The number of H-pyrrole nitrogens is 1. The minimum Gasteiger partial charge on any atom is -0.465 e. The van der Waals surface area contributed by atoms with Gasteiger partial charge in [0.1, 0.15) is 0 Å². The van der Waals surface area contributed by atoms with Gasteiger partial charge in [-0.25, -0.2) is 14.3 Å². The number of aromatic amines is 1. The lowest BCUT2D eigenvalue weighted by Gasteiger charge is -2.11. The molecule has 9 nitrogen and oxygen atoms in total. The van der Waals surface area contributed by atoms with E-state index in [2.05, 4.69) is 16.0 Å². The van der Waals surface area contributed by atoms with Crippen molar-refractivity contribution in [2.75, 3.05) is 7.11 Å². The number of aromatic nitrogens is 2. The minimum atomic E-state index is -0.837. The van der Waals surface area contributed by atoms with Gasteiger partial charge in [0, 0.05) is 11.4 Å². The van der Waals surface area contributed by atoms with Gasteiger partial charge in [-0.15, -0.1) is 0 Å². The number of nitrogens with zero attached hydrogens (tertiary/aromatic N) is 1. The van der Waals surface area contributed by atoms with E-state index in [0.717, 1.165) is 0 Å². The number of benzene rings is 1. The third-order valence-electron chi connectivity index (χ3n) is 3.47. The number of rotatable bonds is 5. The number of primary amides is 1. The van der Waals surface area contributed by atoms with E-state index < -0.39 is 17.6 Å². The second kappa shape index (κ2) is 7.39. The summed E-state index contributed by atoms with van der Waals surface area (Å²) in [4.78, 5) is 35.9. The maximum absolute atomic E-state index is 12.8. The molecule has 25 heavy (non-hydrogen) atoms. The zero-order valence-corrected chi connectivity index (χ0v) is 14.0. The smallest absolute Gasteiger partial charge is 0.340 e. The molecule has 0 aliphatic carbocycles. The predicted molar refractivity (Wildman–Crippen MR) is 91.6 cm³/mol. The summed E-state index contributed by atoms with van der Waals surface area (Å²) in [5.74, 6) is -0.726. The molecule has 132 valence electrons. The van der Waals surface area contributed by atoms with Crippen molar-refractivity contribution in [2.24, 2.45) is 5.73 Å². The fourth-order valence-electron chi connectivity index (χ4n) is 2.36. The number of carbonyl (C=O) groups is 2. The number of carbonyl (C=O) groups excluding carboxylic acids is 2. The van der Waals surface area contributed by atoms with Crippen molar-refractivity contribution in [3.63, 3.8) is 0 Å². The first-order chi connectivity index (χ1) is 11.9. The molecule has 0 radical (unpaired) electrons. The van der Waals surface area contributed by atoms with Crippen LogP contribution in [0.1, 0.15) is 18.2 Å². The highest BCUT2D eigenvalue weighted by molar-refractivity contribution is 6.17. The van der Waals surface area contributed by atoms with E-state index in [9.17, 15) is 14.4 Å². The van der Waals surface area contributed by atoms with E-state index in [-0.39, 0.29) is 16.8 Å². The van der Waals surface area contributed by atoms with E-state index in [1.54, 1.807) is 31.2 Å². The average molecular weight is 345 g/mol. The number of methoxy groups -OCH3 is 1. The Kier molecular flexibility index (Phi) is 5.28. The van der Waals surface area contributed by atoms with Crippen LogP contribution in [-0.4, -0.2) is 28.9 Å². The Bertz CT molecular complexity index is 880. The van der Waals surface area contributed by atoms with Gasteiger partial charge in [-0.1, -0.05) is 18.2 Å². The number of para-hydroxylation sites is 1. The third-order valence-corrected chi connectivity index (χ3v) is 3.47. The molecule has 0 spiro atoms. The van der Waals surface area contributed by atoms with Crippen LogP contribution >= 0.6 is 0 Å². The van der Waals surface area contributed by atoms with Crippen LogP contribution in [-0.2, 0) is 9.53 Å². The fourth-order valence-corrected chi connectivity index (χ4v) is 2.36. The molecule has 0 aliphatic heterocycles. The molecule has 0 unspecified atom stereocenters. The Balaban J connectivity index is 2.61. The molecule has 0 bridgehead atoms. The van der Waals surface area contributed by atoms with Crippen LogP contribution in [0.25, 0.3) is 11.3 Å². The number of hydrazine groups is 1. The molecule has 1 heterocycles. The molecule has 0 aliphatic rings. The zero-order chi connectivity index (χ0) is 18.6. The topological polar surface area (TPSA) is 131 Å². The van der Waals surface area contributed by atoms with E-state index in [1.165, 1.54) is 18.7 Å². The van der Waals surface area contributed by atoms with Crippen molar-refractivity contribution in [1.29, 1.82) is 0 Å². The SMILES string of the molecule is COC(=O)/C(=C(/C)NNC(N)=O)c1c(C)[nH]n(-c2ccccc2)c1=O. The average Bonchev–Trinajstić information content (AvgIpc) is 2.89. The number of esters is 1. The highest BCUT2D eigenvalue weighted by atomic mass is 16.5. The number of ether oxygens (including phenoxy) is 1. The molecule has 0 atom stereocenters. The Labute approximate surface area is 143 Å². The standard InChI is InChI=1S/C16H19N5O4/c1-9(18-19-16(17)24)13(15(23)25-3)12-10(2)20-21(14(12)22)11-7-5-4-6-8-11/h4-8,18,20H,1-3H3,(H3,17,19,24)/b13-9-. The molecule has 1 aromatic carbocycles. The molecule has 9 heteroatoms. The lowest BCUT2D eigenvalue weighted by molar-refractivity contribution is -0.133. The second-order valence-electron chi connectivity index (χ2n) is 5.19. The first-order valence-electron chi connectivity index (χ1n) is 7.34. The van der Waals surface area contributed by atoms with Crippen molar-refractivity contribution in [3.05, 3.63) is 57.6 Å². The number of allylic oxidation sites excluding steroid dienone is 1. The molecule has 0 saturated heterocycles. The van der Waals surface area contributed by atoms with Crippen molar-refractivity contribution < 1.29 is 14.3 Å². The minimum absolute atomic E-state index is 0.00955. The number of urea groups is 1. The largest absolute Gasteiger partial charge is 0.465 e. The summed E-state index contributed by atoms with van der Waals surface area (Å²) >= 11 is 0. The molecule has 0 saturated carbocycles. The van der Waals surface area contributed by atoms with Crippen molar-refractivity contribution >= 4 is 17.6 Å². The summed E-state index contributed by atoms with van der Waals surface area (Å²) in [6.45, 7) is 3.18. The summed E-state index contributed by atoms with van der Waals surface area (Å²) in [6, 6.07) is 8.08. The van der Waals surface area contributed by atoms with E-state index in [1.807, 2.05) is 6.07 Å². The maximum Gasteiger partial charge on any atom is 0.340 e. The molecular weight excluding hydrogens is 326 g/mol. The van der Waals surface area contributed by atoms with Gasteiger partial charge in [-0.3, -0.25) is 15.3 Å². The molecule has 2 rings (SSSR count). The van der Waals surface area contributed by atoms with Crippen LogP contribution in [0.2, 0.25) is 0 Å². The van der Waals surface area contributed by atoms with Crippen LogP contribution in [0.5, 0.6) is 0 Å². The Hall–Kier alpha value is -3.49. The highest BCUT2D eigenvalue weighted by Crippen LogP contribution is 2.19. The molecule has 1 aromatic heterocycles.